The van der Waals surface area contributed by atoms with Crippen LogP contribution in [0.1, 0.15) is 24.1 Å². The van der Waals surface area contributed by atoms with Crippen molar-refractivity contribution >= 4 is 21.8 Å². The SMILES string of the molecule is CN(C)c1cc(C(F)(F)F)nc(NC2CCN(S(=O)(=O)Cc3ccccc3)CC2)n1. The van der Waals surface area contributed by atoms with Gasteiger partial charge in [0.15, 0.2) is 5.69 Å². The van der Waals surface area contributed by atoms with Crippen LogP contribution in [0, 0.1) is 0 Å². The van der Waals surface area contributed by atoms with E-state index in [0.29, 0.717) is 18.4 Å². The summed E-state index contributed by atoms with van der Waals surface area (Å²) in [4.78, 5) is 9.21. The maximum atomic E-state index is 13.1. The lowest BCUT2D eigenvalue weighted by Crippen LogP contribution is -2.43. The molecule has 0 saturated carbocycles. The van der Waals surface area contributed by atoms with Crippen molar-refractivity contribution in [2.45, 2.75) is 30.8 Å². The number of piperidine rings is 1. The summed E-state index contributed by atoms with van der Waals surface area (Å²) in [5.41, 5.74) is -0.307. The van der Waals surface area contributed by atoms with Crippen molar-refractivity contribution in [2.75, 3.05) is 37.4 Å². The van der Waals surface area contributed by atoms with Crippen molar-refractivity contribution in [3.8, 4) is 0 Å². The van der Waals surface area contributed by atoms with Gasteiger partial charge in [-0.05, 0) is 18.4 Å². The van der Waals surface area contributed by atoms with Gasteiger partial charge in [0.25, 0.3) is 0 Å². The average molecular weight is 443 g/mol. The van der Waals surface area contributed by atoms with E-state index in [2.05, 4.69) is 15.3 Å². The molecule has 1 saturated heterocycles. The second-order valence-corrected chi connectivity index (χ2v) is 9.36. The first-order valence-electron chi connectivity index (χ1n) is 9.46. The topological polar surface area (TPSA) is 78.4 Å². The van der Waals surface area contributed by atoms with E-state index in [1.54, 1.807) is 38.4 Å². The van der Waals surface area contributed by atoms with E-state index in [1.165, 1.54) is 9.21 Å². The minimum absolute atomic E-state index is 0.0745. The van der Waals surface area contributed by atoms with Crippen LogP contribution in [0.5, 0.6) is 0 Å². The van der Waals surface area contributed by atoms with Crippen LogP contribution in [0.25, 0.3) is 0 Å². The highest BCUT2D eigenvalue weighted by Gasteiger charge is 2.34. The zero-order valence-corrected chi connectivity index (χ0v) is 17.5. The Balaban J connectivity index is 1.65. The van der Waals surface area contributed by atoms with E-state index in [0.717, 1.165) is 6.07 Å². The molecule has 3 rings (SSSR count). The predicted octanol–water partition coefficient (Wildman–Crippen LogP) is 2.97. The van der Waals surface area contributed by atoms with Crippen molar-refractivity contribution in [1.29, 1.82) is 0 Å². The zero-order chi connectivity index (χ0) is 21.9. The zero-order valence-electron chi connectivity index (χ0n) is 16.7. The monoisotopic (exact) mass is 443 g/mol. The Morgan fingerprint density at radius 2 is 1.77 bits per heavy atom. The Kier molecular flexibility index (Phi) is 6.51. The van der Waals surface area contributed by atoms with Crippen molar-refractivity contribution < 1.29 is 21.6 Å². The molecule has 1 fully saturated rings. The minimum Gasteiger partial charge on any atom is -0.363 e. The molecule has 2 heterocycles. The van der Waals surface area contributed by atoms with E-state index >= 15 is 0 Å². The molecule has 0 bridgehead atoms. The first kappa shape index (κ1) is 22.3. The lowest BCUT2D eigenvalue weighted by molar-refractivity contribution is -0.141. The number of rotatable bonds is 6. The summed E-state index contributed by atoms with van der Waals surface area (Å²) >= 11 is 0. The maximum Gasteiger partial charge on any atom is 0.433 e. The number of aromatic nitrogens is 2. The fraction of sp³-hybridized carbons (Fsp3) is 0.474. The van der Waals surface area contributed by atoms with Gasteiger partial charge >= 0.3 is 6.18 Å². The van der Waals surface area contributed by atoms with Gasteiger partial charge in [-0.25, -0.2) is 17.7 Å². The van der Waals surface area contributed by atoms with E-state index in [9.17, 15) is 21.6 Å². The Labute approximate surface area is 174 Å². The quantitative estimate of drug-likeness (QED) is 0.740. The molecule has 1 N–H and O–H groups in total. The van der Waals surface area contributed by atoms with Gasteiger partial charge in [-0.2, -0.15) is 18.2 Å². The Morgan fingerprint density at radius 3 is 2.33 bits per heavy atom. The van der Waals surface area contributed by atoms with Gasteiger partial charge in [0.05, 0.1) is 5.75 Å². The number of nitrogens with zero attached hydrogens (tertiary/aromatic N) is 4. The summed E-state index contributed by atoms with van der Waals surface area (Å²) in [6.07, 6.45) is -3.69. The van der Waals surface area contributed by atoms with Crippen LogP contribution in [0.15, 0.2) is 36.4 Å². The standard InChI is InChI=1S/C19H24F3N5O2S/c1-26(2)17-12-16(19(20,21)22)24-18(25-17)23-15-8-10-27(11-9-15)30(28,29)13-14-6-4-3-5-7-14/h3-7,12,15H,8-11,13H2,1-2H3,(H,23,24,25). The number of nitrogens with one attached hydrogen (secondary N) is 1. The van der Waals surface area contributed by atoms with E-state index in [4.69, 9.17) is 0 Å². The van der Waals surface area contributed by atoms with Gasteiger partial charge in [0.2, 0.25) is 16.0 Å². The Bertz CT molecular complexity index is 960. The molecule has 1 aromatic carbocycles. The number of sulfonamides is 1. The normalized spacial score (nSPS) is 16.4. The van der Waals surface area contributed by atoms with Crippen LogP contribution in [0.4, 0.5) is 24.9 Å². The van der Waals surface area contributed by atoms with Crippen molar-refractivity contribution in [1.82, 2.24) is 14.3 Å². The summed E-state index contributed by atoms with van der Waals surface area (Å²) in [5.74, 6) is -0.0451. The average Bonchev–Trinajstić information content (AvgIpc) is 2.68. The first-order chi connectivity index (χ1) is 14.0. The van der Waals surface area contributed by atoms with Crippen LogP contribution >= 0.6 is 0 Å². The van der Waals surface area contributed by atoms with Crippen molar-refractivity contribution in [2.24, 2.45) is 0 Å². The molecule has 164 valence electrons. The van der Waals surface area contributed by atoms with Gasteiger partial charge < -0.3 is 10.2 Å². The van der Waals surface area contributed by atoms with Crippen LogP contribution in [-0.4, -0.2) is 55.9 Å². The molecule has 30 heavy (non-hydrogen) atoms. The molecule has 0 atom stereocenters. The number of benzene rings is 1. The highest BCUT2D eigenvalue weighted by atomic mass is 32.2. The summed E-state index contributed by atoms with van der Waals surface area (Å²) < 4.78 is 66.1. The molecule has 0 spiro atoms. The molecule has 7 nitrogen and oxygen atoms in total. The molecule has 0 amide bonds. The molecule has 1 aliphatic heterocycles. The lowest BCUT2D eigenvalue weighted by atomic mass is 10.1. The second kappa shape index (κ2) is 8.76. The van der Waals surface area contributed by atoms with E-state index < -0.39 is 21.9 Å². The first-order valence-corrected chi connectivity index (χ1v) is 11.1. The molecule has 11 heteroatoms. The van der Waals surface area contributed by atoms with Crippen LogP contribution in [0.3, 0.4) is 0 Å². The minimum atomic E-state index is -4.58. The molecule has 0 unspecified atom stereocenters. The van der Waals surface area contributed by atoms with Gasteiger partial charge in [-0.3, -0.25) is 0 Å². The molecule has 2 aromatic rings. The number of anilines is 2. The van der Waals surface area contributed by atoms with Gasteiger partial charge in [0.1, 0.15) is 5.82 Å². The van der Waals surface area contributed by atoms with Gasteiger partial charge in [0, 0.05) is 39.3 Å². The van der Waals surface area contributed by atoms with Gasteiger partial charge in [-0.1, -0.05) is 30.3 Å². The molecule has 1 aromatic heterocycles. The second-order valence-electron chi connectivity index (χ2n) is 7.39. The van der Waals surface area contributed by atoms with Crippen molar-refractivity contribution in [3.05, 3.63) is 47.7 Å². The predicted molar refractivity (Wildman–Crippen MR) is 109 cm³/mol. The third-order valence-electron chi connectivity index (χ3n) is 4.83. The number of hydrogen-bond acceptors (Lipinski definition) is 6. The number of hydrogen-bond donors (Lipinski definition) is 1. The van der Waals surface area contributed by atoms with E-state index in [1.807, 2.05) is 6.07 Å². The number of alkyl halides is 3. The summed E-state index contributed by atoms with van der Waals surface area (Å²) in [6.45, 7) is 0.568. The third-order valence-corrected chi connectivity index (χ3v) is 6.68. The van der Waals surface area contributed by atoms with Crippen LogP contribution in [-0.2, 0) is 22.0 Å². The van der Waals surface area contributed by atoms with Crippen LogP contribution in [0.2, 0.25) is 0 Å². The highest BCUT2D eigenvalue weighted by molar-refractivity contribution is 7.88. The van der Waals surface area contributed by atoms with Crippen LogP contribution < -0.4 is 10.2 Å². The Hall–Kier alpha value is -2.40. The summed E-state index contributed by atoms with van der Waals surface area (Å²) in [6, 6.07) is 9.61. The van der Waals surface area contributed by atoms with E-state index in [-0.39, 0.29) is 36.7 Å². The smallest absolute Gasteiger partial charge is 0.363 e. The fourth-order valence-corrected chi connectivity index (χ4v) is 4.77. The molecular formula is C19H24F3N5O2S. The van der Waals surface area contributed by atoms with Gasteiger partial charge in [-0.15, -0.1) is 0 Å². The fourth-order valence-electron chi connectivity index (χ4n) is 3.21. The maximum absolute atomic E-state index is 13.1. The largest absolute Gasteiger partial charge is 0.433 e. The summed E-state index contributed by atoms with van der Waals surface area (Å²) in [5, 5.41) is 2.94. The number of halogens is 3. The lowest BCUT2D eigenvalue weighted by Gasteiger charge is -2.31. The highest BCUT2D eigenvalue weighted by Crippen LogP contribution is 2.30. The Morgan fingerprint density at radius 1 is 1.13 bits per heavy atom. The van der Waals surface area contributed by atoms with Crippen molar-refractivity contribution in [3.63, 3.8) is 0 Å². The molecule has 1 aliphatic rings. The molecular weight excluding hydrogens is 419 g/mol. The summed E-state index contributed by atoms with van der Waals surface area (Å²) in [7, 11) is -0.259. The third kappa shape index (κ3) is 5.60. The molecule has 0 aliphatic carbocycles. The molecule has 0 radical (unpaired) electrons.